The Morgan fingerprint density at radius 2 is 2.06 bits per heavy atom. The first-order valence-electron chi connectivity index (χ1n) is 9.48. The van der Waals surface area contributed by atoms with Crippen LogP contribution in [0.1, 0.15) is 5.56 Å². The fraction of sp³-hybridized carbons (Fsp3) is 0.0435. The average molecular weight is 445 g/mol. The summed E-state index contributed by atoms with van der Waals surface area (Å²) in [5.41, 5.74) is 2.61. The molecular formula is C23H16N4O2S2. The Kier molecular flexibility index (Phi) is 5.23. The Bertz CT molecular complexity index is 1320. The number of thiazole rings is 1. The zero-order chi connectivity index (χ0) is 21.2. The Morgan fingerprint density at radius 1 is 1.19 bits per heavy atom. The molecule has 0 bridgehead atoms. The molecule has 0 aliphatic carbocycles. The molecule has 1 aliphatic heterocycles. The van der Waals surface area contributed by atoms with Crippen LogP contribution in [-0.2, 0) is 4.79 Å². The van der Waals surface area contributed by atoms with Crippen LogP contribution >= 0.6 is 23.1 Å². The first-order chi connectivity index (χ1) is 15.2. The second-order valence-electron chi connectivity index (χ2n) is 6.68. The van der Waals surface area contributed by atoms with Crippen molar-refractivity contribution in [3.63, 3.8) is 0 Å². The Morgan fingerprint density at radius 3 is 2.84 bits per heavy atom. The van der Waals surface area contributed by atoms with Gasteiger partial charge in [-0.1, -0.05) is 47.6 Å². The van der Waals surface area contributed by atoms with Gasteiger partial charge >= 0.3 is 0 Å². The van der Waals surface area contributed by atoms with E-state index in [1.54, 1.807) is 17.2 Å². The number of rotatable bonds is 5. The molecule has 0 atom stereocenters. The second-order valence-corrected chi connectivity index (χ2v) is 8.56. The maximum atomic E-state index is 13.0. The van der Waals surface area contributed by atoms with Crippen LogP contribution in [0.15, 0.2) is 87.2 Å². The third-order valence-corrected chi connectivity index (χ3v) is 6.32. The van der Waals surface area contributed by atoms with Gasteiger partial charge < -0.3 is 4.52 Å². The maximum Gasteiger partial charge on any atom is 0.267 e. The van der Waals surface area contributed by atoms with Gasteiger partial charge in [0.15, 0.2) is 10.9 Å². The van der Waals surface area contributed by atoms with Crippen LogP contribution in [0.25, 0.3) is 28.3 Å². The lowest BCUT2D eigenvalue weighted by atomic mass is 10.1. The number of amidine groups is 1. The van der Waals surface area contributed by atoms with Crippen LogP contribution < -0.4 is 0 Å². The highest BCUT2D eigenvalue weighted by Crippen LogP contribution is 2.35. The fourth-order valence-corrected chi connectivity index (χ4v) is 4.78. The predicted molar refractivity (Wildman–Crippen MR) is 126 cm³/mol. The smallest absolute Gasteiger partial charge is 0.267 e. The number of thioether (sulfide) groups is 1. The monoisotopic (exact) mass is 444 g/mol. The van der Waals surface area contributed by atoms with Crippen LogP contribution in [0.2, 0.25) is 0 Å². The normalized spacial score (nSPS) is 16.6. The maximum absolute atomic E-state index is 13.0. The summed E-state index contributed by atoms with van der Waals surface area (Å²) in [6.07, 6.45) is 5.25. The molecule has 31 heavy (non-hydrogen) atoms. The highest BCUT2D eigenvalue weighted by molar-refractivity contribution is 8.18. The van der Waals surface area contributed by atoms with Gasteiger partial charge in [-0.2, -0.15) is 4.99 Å². The molecule has 5 rings (SSSR count). The van der Waals surface area contributed by atoms with Gasteiger partial charge in [0.05, 0.1) is 10.3 Å². The minimum absolute atomic E-state index is 0.103. The highest BCUT2D eigenvalue weighted by atomic mass is 32.2. The van der Waals surface area contributed by atoms with Crippen LogP contribution in [0.3, 0.4) is 0 Å². The molecule has 2 aromatic heterocycles. The molecule has 1 fully saturated rings. The van der Waals surface area contributed by atoms with Crippen molar-refractivity contribution in [2.45, 2.75) is 0 Å². The number of nitrogens with zero attached hydrogens (tertiary/aromatic N) is 4. The lowest BCUT2D eigenvalue weighted by Crippen LogP contribution is -2.29. The van der Waals surface area contributed by atoms with E-state index >= 15 is 0 Å². The van der Waals surface area contributed by atoms with E-state index in [1.165, 1.54) is 23.1 Å². The number of hydrogen-bond donors (Lipinski definition) is 0. The van der Waals surface area contributed by atoms with Crippen LogP contribution in [0.4, 0.5) is 5.13 Å². The summed E-state index contributed by atoms with van der Waals surface area (Å²) in [7, 11) is 0. The third-order valence-electron chi connectivity index (χ3n) is 4.64. The van der Waals surface area contributed by atoms with Gasteiger partial charge in [0.1, 0.15) is 5.52 Å². The van der Waals surface area contributed by atoms with Gasteiger partial charge in [0, 0.05) is 23.7 Å². The van der Waals surface area contributed by atoms with Gasteiger partial charge in [0.2, 0.25) is 5.13 Å². The molecule has 0 N–H and O–H groups in total. The van der Waals surface area contributed by atoms with Crippen molar-refractivity contribution in [3.8, 4) is 11.3 Å². The second kappa shape index (κ2) is 8.33. The number of benzene rings is 2. The van der Waals surface area contributed by atoms with Gasteiger partial charge in [-0.15, -0.1) is 17.9 Å². The molecule has 3 heterocycles. The van der Waals surface area contributed by atoms with E-state index in [0.717, 1.165) is 22.0 Å². The summed E-state index contributed by atoms with van der Waals surface area (Å²) < 4.78 is 5.58. The highest BCUT2D eigenvalue weighted by Gasteiger charge is 2.32. The molecule has 8 heteroatoms. The van der Waals surface area contributed by atoms with Crippen molar-refractivity contribution >= 4 is 56.3 Å². The van der Waals surface area contributed by atoms with Crippen molar-refractivity contribution in [3.05, 3.63) is 83.2 Å². The SMILES string of the molecule is C=CCN1C(=O)C(=Cc2ccc3noc(-c4ccccc4)c3c2)SC1=Nc1nccs1. The van der Waals surface area contributed by atoms with Crippen LogP contribution in [-0.4, -0.2) is 32.7 Å². The molecular weight excluding hydrogens is 428 g/mol. The van der Waals surface area contributed by atoms with Crippen molar-refractivity contribution in [1.82, 2.24) is 15.0 Å². The predicted octanol–water partition coefficient (Wildman–Crippen LogP) is 5.74. The molecule has 4 aromatic rings. The summed E-state index contributed by atoms with van der Waals surface area (Å²) in [6.45, 7) is 4.14. The molecule has 2 aromatic carbocycles. The topological polar surface area (TPSA) is 71.6 Å². The summed E-state index contributed by atoms with van der Waals surface area (Å²) in [5.74, 6) is 0.606. The number of hydrogen-bond acceptors (Lipinski definition) is 7. The molecule has 6 nitrogen and oxygen atoms in total. The van der Waals surface area contributed by atoms with Crippen molar-refractivity contribution in [2.75, 3.05) is 6.54 Å². The number of aromatic nitrogens is 2. The van der Waals surface area contributed by atoms with Gasteiger partial charge in [-0.3, -0.25) is 9.69 Å². The number of carbonyl (C=O) groups is 1. The minimum Gasteiger partial charge on any atom is -0.355 e. The Balaban J connectivity index is 1.52. The fourth-order valence-electron chi connectivity index (χ4n) is 3.23. The largest absolute Gasteiger partial charge is 0.355 e. The van der Waals surface area contributed by atoms with E-state index in [1.807, 2.05) is 60.0 Å². The van der Waals surface area contributed by atoms with E-state index < -0.39 is 0 Å². The number of fused-ring (bicyclic) bond motifs is 1. The summed E-state index contributed by atoms with van der Waals surface area (Å²) in [4.78, 5) is 23.9. The van der Waals surface area contributed by atoms with Crippen molar-refractivity contribution in [1.29, 1.82) is 0 Å². The molecule has 0 radical (unpaired) electrons. The number of amides is 1. The first kappa shape index (κ1) is 19.5. The van der Waals surface area contributed by atoms with E-state index in [2.05, 4.69) is 21.7 Å². The number of carbonyl (C=O) groups excluding carboxylic acids is 1. The lowest BCUT2D eigenvalue weighted by Gasteiger charge is -2.11. The van der Waals surface area contributed by atoms with E-state index in [4.69, 9.17) is 4.52 Å². The first-order valence-corrected chi connectivity index (χ1v) is 11.2. The minimum atomic E-state index is -0.103. The molecule has 0 saturated carbocycles. The standard InChI is InChI=1S/C23H16N4O2S2/c1-2-11-27-21(28)19(31-23(27)25-22-24-10-12-30-22)14-15-8-9-18-17(13-15)20(29-26-18)16-6-4-3-5-7-16/h2-10,12-14H,1,11H2. The molecule has 152 valence electrons. The van der Waals surface area contributed by atoms with E-state index in [9.17, 15) is 4.79 Å². The summed E-state index contributed by atoms with van der Waals surface area (Å²) in [6, 6.07) is 15.7. The average Bonchev–Trinajstić information content (AvgIpc) is 3.51. The molecule has 1 amide bonds. The van der Waals surface area contributed by atoms with Crippen LogP contribution in [0, 0.1) is 0 Å². The van der Waals surface area contributed by atoms with Gasteiger partial charge in [0.25, 0.3) is 5.91 Å². The number of aliphatic imine (C=N–C) groups is 1. The molecule has 1 saturated heterocycles. The van der Waals surface area contributed by atoms with Crippen molar-refractivity contribution < 1.29 is 9.32 Å². The Hall–Kier alpha value is -3.49. The van der Waals surface area contributed by atoms with E-state index in [0.29, 0.717) is 27.5 Å². The lowest BCUT2D eigenvalue weighted by molar-refractivity contribution is -0.121. The van der Waals surface area contributed by atoms with Crippen LogP contribution in [0.5, 0.6) is 0 Å². The zero-order valence-corrected chi connectivity index (χ0v) is 17.9. The summed E-state index contributed by atoms with van der Waals surface area (Å²) in [5, 5.41) is 8.13. The molecule has 0 unspecified atom stereocenters. The quantitative estimate of drug-likeness (QED) is 0.290. The third kappa shape index (κ3) is 3.83. The summed E-state index contributed by atoms with van der Waals surface area (Å²) >= 11 is 2.76. The zero-order valence-electron chi connectivity index (χ0n) is 16.3. The van der Waals surface area contributed by atoms with E-state index in [-0.39, 0.29) is 5.91 Å². The molecule has 0 spiro atoms. The van der Waals surface area contributed by atoms with Gasteiger partial charge in [-0.25, -0.2) is 4.98 Å². The van der Waals surface area contributed by atoms with Crippen molar-refractivity contribution in [2.24, 2.45) is 4.99 Å². The Labute approximate surface area is 186 Å². The van der Waals surface area contributed by atoms with Gasteiger partial charge in [-0.05, 0) is 35.5 Å². The molecule has 1 aliphatic rings.